The fourth-order valence-corrected chi connectivity index (χ4v) is 2.98. The Kier molecular flexibility index (Phi) is 3.15. The number of aromatic nitrogens is 2. The molecule has 1 aliphatic rings. The van der Waals surface area contributed by atoms with E-state index in [2.05, 4.69) is 4.98 Å². The zero-order chi connectivity index (χ0) is 16.0. The second kappa shape index (κ2) is 5.19. The summed E-state index contributed by atoms with van der Waals surface area (Å²) in [6, 6.07) is 8.55. The van der Waals surface area contributed by atoms with Gasteiger partial charge in [-0.05, 0) is 48.1 Å². The maximum atomic E-state index is 14.4. The Hall–Kier alpha value is -2.69. The molecule has 0 radical (unpaired) electrons. The van der Waals surface area contributed by atoms with Crippen LogP contribution in [-0.4, -0.2) is 20.5 Å². The van der Waals surface area contributed by atoms with E-state index in [0.717, 1.165) is 23.9 Å². The molecule has 2 heterocycles. The molecule has 116 valence electrons. The lowest BCUT2D eigenvalue weighted by molar-refractivity contribution is 0.0695. The van der Waals surface area contributed by atoms with Crippen molar-refractivity contribution in [2.45, 2.75) is 25.2 Å². The van der Waals surface area contributed by atoms with Crippen LogP contribution in [0, 0.1) is 5.82 Å². The van der Waals surface area contributed by atoms with E-state index >= 15 is 0 Å². The second-order valence-electron chi connectivity index (χ2n) is 5.99. The molecule has 2 aromatic heterocycles. The van der Waals surface area contributed by atoms with Crippen LogP contribution in [0.15, 0.2) is 42.9 Å². The highest BCUT2D eigenvalue weighted by Crippen LogP contribution is 2.40. The Balaban J connectivity index is 1.78. The first-order chi connectivity index (χ1) is 11.1. The highest BCUT2D eigenvalue weighted by molar-refractivity contribution is 5.89. The van der Waals surface area contributed by atoms with Gasteiger partial charge in [-0.15, -0.1) is 0 Å². The third-order valence-corrected chi connectivity index (χ3v) is 4.40. The lowest BCUT2D eigenvalue weighted by atomic mass is 10.0. The van der Waals surface area contributed by atoms with Gasteiger partial charge in [0.1, 0.15) is 5.82 Å². The highest BCUT2D eigenvalue weighted by atomic mass is 19.1. The molecule has 0 unspecified atom stereocenters. The van der Waals surface area contributed by atoms with Gasteiger partial charge in [0, 0.05) is 12.1 Å². The van der Waals surface area contributed by atoms with Crippen molar-refractivity contribution in [3.8, 4) is 0 Å². The predicted octanol–water partition coefficient (Wildman–Crippen LogP) is 3.64. The highest BCUT2D eigenvalue weighted by Gasteiger charge is 2.24. The largest absolute Gasteiger partial charge is 0.478 e. The third kappa shape index (κ3) is 2.48. The van der Waals surface area contributed by atoms with Gasteiger partial charge in [0.15, 0.2) is 0 Å². The molecular formula is C18H15FN2O2. The lowest BCUT2D eigenvalue weighted by Crippen LogP contribution is -2.09. The fourth-order valence-electron chi connectivity index (χ4n) is 2.98. The molecule has 1 saturated carbocycles. The minimum atomic E-state index is -1.02. The number of nitrogens with zero attached hydrogens (tertiary/aromatic N) is 2. The van der Waals surface area contributed by atoms with Crippen molar-refractivity contribution in [1.82, 2.24) is 9.38 Å². The number of hydrogen-bond donors (Lipinski definition) is 1. The summed E-state index contributed by atoms with van der Waals surface area (Å²) in [5.41, 5.74) is 3.02. The zero-order valence-electron chi connectivity index (χ0n) is 12.4. The van der Waals surface area contributed by atoms with Crippen molar-refractivity contribution < 1.29 is 14.3 Å². The third-order valence-electron chi connectivity index (χ3n) is 4.40. The summed E-state index contributed by atoms with van der Waals surface area (Å²) in [7, 11) is 0. The molecule has 1 fully saturated rings. The molecule has 0 atom stereocenters. The van der Waals surface area contributed by atoms with E-state index in [0.29, 0.717) is 17.2 Å². The summed E-state index contributed by atoms with van der Waals surface area (Å²) in [6.07, 6.45) is 5.67. The minimum absolute atomic E-state index is 0.168. The molecule has 0 spiro atoms. The maximum absolute atomic E-state index is 14.4. The summed E-state index contributed by atoms with van der Waals surface area (Å²) in [5.74, 6) is -0.807. The summed E-state index contributed by atoms with van der Waals surface area (Å²) >= 11 is 0. The summed E-state index contributed by atoms with van der Waals surface area (Å²) in [6.45, 7) is 0. The molecule has 0 bridgehead atoms. The average molecular weight is 310 g/mol. The van der Waals surface area contributed by atoms with Gasteiger partial charge in [0.2, 0.25) is 0 Å². The maximum Gasteiger partial charge on any atom is 0.337 e. The molecule has 5 heteroatoms. The molecule has 4 rings (SSSR count). The van der Waals surface area contributed by atoms with Crippen LogP contribution in [0.4, 0.5) is 4.39 Å². The summed E-state index contributed by atoms with van der Waals surface area (Å²) in [5, 5.41) is 9.41. The molecule has 4 nitrogen and oxygen atoms in total. The summed E-state index contributed by atoms with van der Waals surface area (Å²) in [4.78, 5) is 15.5. The number of halogens is 1. The molecule has 1 aliphatic carbocycles. The van der Waals surface area contributed by atoms with E-state index in [1.165, 1.54) is 0 Å². The van der Waals surface area contributed by atoms with Crippen LogP contribution in [0.1, 0.15) is 45.9 Å². The number of imidazole rings is 1. The Morgan fingerprint density at radius 1 is 1.30 bits per heavy atom. The van der Waals surface area contributed by atoms with Crippen molar-refractivity contribution in [3.63, 3.8) is 0 Å². The molecular weight excluding hydrogens is 295 g/mol. The van der Waals surface area contributed by atoms with Crippen molar-refractivity contribution >= 4 is 11.5 Å². The predicted molar refractivity (Wildman–Crippen MR) is 83.3 cm³/mol. The van der Waals surface area contributed by atoms with E-state index in [1.54, 1.807) is 41.2 Å². The van der Waals surface area contributed by atoms with E-state index in [9.17, 15) is 14.3 Å². The number of carboxylic acids is 1. The van der Waals surface area contributed by atoms with E-state index < -0.39 is 5.97 Å². The molecule has 23 heavy (non-hydrogen) atoms. The molecule has 1 aromatic carbocycles. The molecule has 1 N–H and O–H groups in total. The quantitative estimate of drug-likeness (QED) is 0.800. The second-order valence-corrected chi connectivity index (χ2v) is 5.99. The van der Waals surface area contributed by atoms with Crippen LogP contribution in [0.3, 0.4) is 0 Å². The molecule has 3 aromatic rings. The Morgan fingerprint density at radius 2 is 2.13 bits per heavy atom. The Bertz CT molecular complexity index is 913. The summed E-state index contributed by atoms with van der Waals surface area (Å²) < 4.78 is 16.1. The number of pyridine rings is 1. The monoisotopic (exact) mass is 310 g/mol. The first-order valence-electron chi connectivity index (χ1n) is 7.59. The van der Waals surface area contributed by atoms with Crippen molar-refractivity contribution in [3.05, 3.63) is 71.1 Å². The molecule has 0 saturated heterocycles. The SMILES string of the molecule is O=C(O)c1ccc2cncn2c1Cc1ccc(C2CC2)cc1F. The van der Waals surface area contributed by atoms with Crippen molar-refractivity contribution in [1.29, 1.82) is 0 Å². The molecule has 0 amide bonds. The smallest absolute Gasteiger partial charge is 0.337 e. The topological polar surface area (TPSA) is 54.6 Å². The fraction of sp³-hybridized carbons (Fsp3) is 0.222. The van der Waals surface area contributed by atoms with Crippen LogP contribution in [0.25, 0.3) is 5.52 Å². The first kappa shape index (κ1) is 13.9. The van der Waals surface area contributed by atoms with Crippen LogP contribution in [0.5, 0.6) is 0 Å². The Labute approximate surface area is 132 Å². The minimum Gasteiger partial charge on any atom is -0.478 e. The number of fused-ring (bicyclic) bond motifs is 1. The number of hydrogen-bond acceptors (Lipinski definition) is 2. The van der Waals surface area contributed by atoms with Gasteiger partial charge in [0.05, 0.1) is 23.6 Å². The Morgan fingerprint density at radius 3 is 2.83 bits per heavy atom. The van der Waals surface area contributed by atoms with Crippen molar-refractivity contribution in [2.24, 2.45) is 0 Å². The van der Waals surface area contributed by atoms with Gasteiger partial charge >= 0.3 is 5.97 Å². The number of benzene rings is 1. The van der Waals surface area contributed by atoms with E-state index in [1.807, 2.05) is 6.07 Å². The number of carbonyl (C=O) groups is 1. The van der Waals surface area contributed by atoms with Gasteiger partial charge in [0.25, 0.3) is 0 Å². The van der Waals surface area contributed by atoms with Crippen LogP contribution < -0.4 is 0 Å². The van der Waals surface area contributed by atoms with Gasteiger partial charge in [-0.1, -0.05) is 12.1 Å². The van der Waals surface area contributed by atoms with E-state index in [-0.39, 0.29) is 17.8 Å². The number of rotatable bonds is 4. The number of aromatic carboxylic acids is 1. The average Bonchev–Trinajstić information content (AvgIpc) is 3.26. The lowest BCUT2D eigenvalue weighted by Gasteiger charge is -2.11. The zero-order valence-corrected chi connectivity index (χ0v) is 12.4. The van der Waals surface area contributed by atoms with Gasteiger partial charge < -0.3 is 9.51 Å². The van der Waals surface area contributed by atoms with Gasteiger partial charge in [-0.25, -0.2) is 14.2 Å². The standard InChI is InChI=1S/C18H15FN2O2/c19-16-7-12(11-1-2-11)3-4-13(16)8-17-15(18(22)23)6-5-14-9-20-10-21(14)17/h3-7,9-11H,1-2,8H2,(H,22,23). The number of carboxylic acid groups (broad SMARTS) is 1. The normalized spacial score (nSPS) is 14.3. The van der Waals surface area contributed by atoms with Crippen LogP contribution in [0.2, 0.25) is 0 Å². The first-order valence-corrected chi connectivity index (χ1v) is 7.59. The molecule has 0 aliphatic heterocycles. The van der Waals surface area contributed by atoms with Crippen LogP contribution in [-0.2, 0) is 6.42 Å². The van der Waals surface area contributed by atoms with Crippen molar-refractivity contribution in [2.75, 3.05) is 0 Å². The van der Waals surface area contributed by atoms with Crippen LogP contribution >= 0.6 is 0 Å². The van der Waals surface area contributed by atoms with Gasteiger partial charge in [-0.3, -0.25) is 0 Å². The van der Waals surface area contributed by atoms with E-state index in [4.69, 9.17) is 0 Å². The van der Waals surface area contributed by atoms with Gasteiger partial charge in [-0.2, -0.15) is 0 Å².